The number of aromatic nitrogens is 3. The molecule has 0 spiro atoms. The monoisotopic (exact) mass is 439 g/mol. The van der Waals surface area contributed by atoms with Gasteiger partial charge in [-0.1, -0.05) is 6.07 Å². The Balaban J connectivity index is 1.53. The van der Waals surface area contributed by atoms with Gasteiger partial charge in [0.15, 0.2) is 0 Å². The lowest BCUT2D eigenvalue weighted by Gasteiger charge is -2.26. The number of halogens is 3. The molecule has 0 unspecified atom stereocenters. The average Bonchev–Trinajstić information content (AvgIpc) is 3.39. The Bertz CT molecular complexity index is 1390. The van der Waals surface area contributed by atoms with E-state index in [1.807, 2.05) is 13.0 Å². The minimum absolute atomic E-state index is 0.202. The Morgan fingerprint density at radius 1 is 1.22 bits per heavy atom. The quantitative estimate of drug-likeness (QED) is 0.497. The summed E-state index contributed by atoms with van der Waals surface area (Å²) in [5.41, 5.74) is 10.0. The number of amides is 1. The fourth-order valence-electron chi connectivity index (χ4n) is 4.56. The standard InChI is InChI=1S/C23H20F3N5O/c1-12-7-17-19(31-11-28-10-20(31)21(27)29-17)9-16(12)22(32)30(2)18-6-3-13-8-14(23(24,25)26)4-5-15(13)18/h4-5,7-11,18H,3,6H2,1-2H3,(H2,27,29)/t18-/m1/s1. The zero-order valence-corrected chi connectivity index (χ0v) is 17.4. The van der Waals surface area contributed by atoms with Crippen molar-refractivity contribution < 1.29 is 18.0 Å². The molecule has 2 heterocycles. The second kappa shape index (κ2) is 6.94. The van der Waals surface area contributed by atoms with Gasteiger partial charge in [0.05, 0.1) is 35.2 Å². The zero-order chi connectivity index (χ0) is 22.8. The van der Waals surface area contributed by atoms with Crippen LogP contribution in [0.25, 0.3) is 16.6 Å². The van der Waals surface area contributed by atoms with Crippen LogP contribution in [0.15, 0.2) is 42.9 Å². The minimum Gasteiger partial charge on any atom is -0.382 e. The SMILES string of the molecule is Cc1cc2nc(N)c3cncn3c2cc1C(=O)N(C)[C@@H]1CCc2cc(C(F)(F)F)ccc21. The number of anilines is 1. The van der Waals surface area contributed by atoms with Crippen molar-refractivity contribution in [2.24, 2.45) is 0 Å². The van der Waals surface area contributed by atoms with Crippen LogP contribution < -0.4 is 5.73 Å². The number of nitrogens with two attached hydrogens (primary N) is 1. The third kappa shape index (κ3) is 3.07. The number of rotatable bonds is 2. The van der Waals surface area contributed by atoms with E-state index < -0.39 is 11.7 Å². The molecule has 0 saturated carbocycles. The molecule has 4 aromatic rings. The lowest BCUT2D eigenvalue weighted by atomic mass is 10.0. The molecule has 6 nitrogen and oxygen atoms in total. The van der Waals surface area contributed by atoms with Gasteiger partial charge in [-0.25, -0.2) is 9.97 Å². The van der Waals surface area contributed by atoms with Crippen LogP contribution in [0.2, 0.25) is 0 Å². The van der Waals surface area contributed by atoms with Crippen molar-refractivity contribution in [1.82, 2.24) is 19.3 Å². The molecule has 2 N–H and O–H groups in total. The lowest BCUT2D eigenvalue weighted by molar-refractivity contribution is -0.137. The molecule has 0 saturated heterocycles. The van der Waals surface area contributed by atoms with E-state index in [9.17, 15) is 18.0 Å². The van der Waals surface area contributed by atoms with E-state index in [2.05, 4.69) is 9.97 Å². The first kappa shape index (κ1) is 20.3. The molecule has 32 heavy (non-hydrogen) atoms. The van der Waals surface area contributed by atoms with E-state index >= 15 is 0 Å². The first-order chi connectivity index (χ1) is 15.1. The number of nitrogens with zero attached hydrogens (tertiary/aromatic N) is 4. The van der Waals surface area contributed by atoms with E-state index in [0.717, 1.165) is 17.2 Å². The molecule has 164 valence electrons. The van der Waals surface area contributed by atoms with Crippen LogP contribution in [0, 0.1) is 6.92 Å². The molecule has 1 amide bonds. The van der Waals surface area contributed by atoms with Gasteiger partial charge in [-0.3, -0.25) is 9.20 Å². The highest BCUT2D eigenvalue weighted by atomic mass is 19.4. The maximum absolute atomic E-state index is 13.4. The number of carbonyl (C=O) groups excluding carboxylic acids is 1. The molecule has 2 aromatic heterocycles. The molecule has 0 aliphatic heterocycles. The van der Waals surface area contributed by atoms with E-state index in [1.165, 1.54) is 12.1 Å². The topological polar surface area (TPSA) is 76.5 Å². The van der Waals surface area contributed by atoms with E-state index in [0.29, 0.717) is 46.3 Å². The maximum Gasteiger partial charge on any atom is 0.416 e. The van der Waals surface area contributed by atoms with Gasteiger partial charge in [-0.15, -0.1) is 0 Å². The van der Waals surface area contributed by atoms with E-state index in [4.69, 9.17) is 5.73 Å². The molecule has 0 radical (unpaired) electrons. The van der Waals surface area contributed by atoms with Gasteiger partial charge in [0.25, 0.3) is 5.91 Å². The Labute approximate surface area is 181 Å². The summed E-state index contributed by atoms with van der Waals surface area (Å²) in [6.45, 7) is 1.83. The molecule has 1 aliphatic rings. The van der Waals surface area contributed by atoms with Crippen LogP contribution in [0.4, 0.5) is 19.0 Å². The predicted octanol–water partition coefficient (Wildman–Crippen LogP) is 4.55. The normalized spacial score (nSPS) is 16.0. The zero-order valence-electron chi connectivity index (χ0n) is 17.4. The second-order valence-corrected chi connectivity index (χ2v) is 8.18. The van der Waals surface area contributed by atoms with Crippen LogP contribution in [-0.4, -0.2) is 32.2 Å². The van der Waals surface area contributed by atoms with Crippen LogP contribution in [0.3, 0.4) is 0 Å². The van der Waals surface area contributed by atoms with Crippen molar-refractivity contribution in [3.05, 3.63) is 70.7 Å². The average molecular weight is 439 g/mol. The number of hydrogen-bond donors (Lipinski definition) is 1. The Hall–Kier alpha value is -3.62. The third-order valence-corrected chi connectivity index (χ3v) is 6.26. The summed E-state index contributed by atoms with van der Waals surface area (Å²) in [6, 6.07) is 7.07. The molecular weight excluding hydrogens is 419 g/mol. The number of alkyl halides is 3. The van der Waals surface area contributed by atoms with Crippen molar-refractivity contribution in [1.29, 1.82) is 0 Å². The summed E-state index contributed by atoms with van der Waals surface area (Å²) in [5.74, 6) is 0.152. The number of nitrogen functional groups attached to an aromatic ring is 1. The largest absolute Gasteiger partial charge is 0.416 e. The Morgan fingerprint density at radius 3 is 2.75 bits per heavy atom. The van der Waals surface area contributed by atoms with Crippen molar-refractivity contribution in [2.75, 3.05) is 12.8 Å². The van der Waals surface area contributed by atoms with Crippen molar-refractivity contribution in [2.45, 2.75) is 32.0 Å². The van der Waals surface area contributed by atoms with Crippen LogP contribution in [0.5, 0.6) is 0 Å². The van der Waals surface area contributed by atoms with Gasteiger partial charge in [0, 0.05) is 12.6 Å². The summed E-state index contributed by atoms with van der Waals surface area (Å²) in [7, 11) is 1.69. The summed E-state index contributed by atoms with van der Waals surface area (Å²) >= 11 is 0. The minimum atomic E-state index is -4.38. The third-order valence-electron chi connectivity index (χ3n) is 6.26. The number of hydrogen-bond acceptors (Lipinski definition) is 4. The highest BCUT2D eigenvalue weighted by molar-refractivity contribution is 6.00. The number of imidazole rings is 1. The molecule has 0 bridgehead atoms. The van der Waals surface area contributed by atoms with Crippen molar-refractivity contribution in [3.63, 3.8) is 0 Å². The highest BCUT2D eigenvalue weighted by Gasteiger charge is 2.35. The summed E-state index contributed by atoms with van der Waals surface area (Å²) < 4.78 is 41.0. The van der Waals surface area contributed by atoms with Crippen molar-refractivity contribution in [3.8, 4) is 0 Å². The van der Waals surface area contributed by atoms with Gasteiger partial charge in [-0.2, -0.15) is 13.2 Å². The Morgan fingerprint density at radius 2 is 2.00 bits per heavy atom. The number of fused-ring (bicyclic) bond motifs is 4. The maximum atomic E-state index is 13.4. The number of aryl methyl sites for hydroxylation is 2. The van der Waals surface area contributed by atoms with Gasteiger partial charge >= 0.3 is 6.18 Å². The number of carbonyl (C=O) groups is 1. The van der Waals surface area contributed by atoms with Gasteiger partial charge < -0.3 is 10.6 Å². The van der Waals surface area contributed by atoms with Crippen LogP contribution >= 0.6 is 0 Å². The fraction of sp³-hybridized carbons (Fsp3) is 0.261. The smallest absolute Gasteiger partial charge is 0.382 e. The highest BCUT2D eigenvalue weighted by Crippen LogP contribution is 2.39. The molecule has 9 heteroatoms. The lowest BCUT2D eigenvalue weighted by Crippen LogP contribution is -2.30. The van der Waals surface area contributed by atoms with Gasteiger partial charge in [0.1, 0.15) is 11.3 Å². The van der Waals surface area contributed by atoms with Gasteiger partial charge in [0.2, 0.25) is 0 Å². The summed E-state index contributed by atoms with van der Waals surface area (Å²) in [5, 5.41) is 0. The van der Waals surface area contributed by atoms with Gasteiger partial charge in [-0.05, 0) is 60.7 Å². The van der Waals surface area contributed by atoms with E-state index in [1.54, 1.807) is 34.9 Å². The van der Waals surface area contributed by atoms with Crippen LogP contribution in [0.1, 0.15) is 45.1 Å². The first-order valence-electron chi connectivity index (χ1n) is 10.1. The van der Waals surface area contributed by atoms with E-state index in [-0.39, 0.29) is 11.9 Å². The molecule has 5 rings (SSSR count). The Kier molecular flexibility index (Phi) is 4.40. The molecule has 2 aromatic carbocycles. The summed E-state index contributed by atoms with van der Waals surface area (Å²) in [4.78, 5) is 23.6. The fourth-order valence-corrected chi connectivity index (χ4v) is 4.56. The first-order valence-corrected chi connectivity index (χ1v) is 10.1. The second-order valence-electron chi connectivity index (χ2n) is 8.18. The molecular formula is C23H20F3N5O. The molecule has 1 atom stereocenters. The molecule has 1 aliphatic carbocycles. The van der Waals surface area contributed by atoms with Crippen molar-refractivity contribution >= 4 is 28.3 Å². The van der Waals surface area contributed by atoms with Crippen LogP contribution in [-0.2, 0) is 12.6 Å². The summed E-state index contributed by atoms with van der Waals surface area (Å²) in [6.07, 6.45) is -0.0754. The molecule has 0 fully saturated rings. The predicted molar refractivity (Wildman–Crippen MR) is 114 cm³/mol. The number of benzene rings is 2.